The number of hydrogen-bond donors (Lipinski definition) is 2. The van der Waals surface area contributed by atoms with E-state index in [0.29, 0.717) is 13.0 Å². The Morgan fingerprint density at radius 3 is 2.48 bits per heavy atom. The van der Waals surface area contributed by atoms with Gasteiger partial charge in [0.2, 0.25) is 5.91 Å². The molecule has 0 atom stereocenters. The molecule has 4 heteroatoms. The molecule has 0 saturated carbocycles. The summed E-state index contributed by atoms with van der Waals surface area (Å²) in [5, 5.41) is 6.13. The van der Waals surface area contributed by atoms with Gasteiger partial charge in [-0.2, -0.15) is 0 Å². The molecule has 2 N–H and O–H groups in total. The van der Waals surface area contributed by atoms with Gasteiger partial charge in [-0.25, -0.2) is 0 Å². The number of amides is 1. The minimum Gasteiger partial charge on any atom is -0.497 e. The van der Waals surface area contributed by atoms with E-state index >= 15 is 0 Å². The van der Waals surface area contributed by atoms with Gasteiger partial charge < -0.3 is 15.4 Å². The number of rotatable bonds is 6. The molecule has 0 unspecified atom stereocenters. The minimum absolute atomic E-state index is 0.0127. The molecule has 2 rings (SSSR count). The van der Waals surface area contributed by atoms with Crippen molar-refractivity contribution in [3.05, 3.63) is 54.1 Å². The predicted octanol–water partition coefficient (Wildman–Crippen LogP) is 3.44. The first kappa shape index (κ1) is 14.9. The van der Waals surface area contributed by atoms with Gasteiger partial charge in [-0.15, -0.1) is 0 Å². The van der Waals surface area contributed by atoms with Gasteiger partial charge in [0.25, 0.3) is 0 Å². The van der Waals surface area contributed by atoms with Crippen LogP contribution in [0.15, 0.2) is 48.5 Å². The maximum absolute atomic E-state index is 11.9. The summed E-state index contributed by atoms with van der Waals surface area (Å²) in [7, 11) is 1.62. The van der Waals surface area contributed by atoms with Crippen LogP contribution >= 0.6 is 0 Å². The number of nitrogens with one attached hydrogen (secondary N) is 2. The Morgan fingerprint density at radius 1 is 1.10 bits per heavy atom. The van der Waals surface area contributed by atoms with Crippen LogP contribution in [0.2, 0.25) is 0 Å². The Bertz CT molecular complexity index is 594. The molecule has 21 heavy (non-hydrogen) atoms. The summed E-state index contributed by atoms with van der Waals surface area (Å²) in [5.41, 5.74) is 3.01. The summed E-state index contributed by atoms with van der Waals surface area (Å²) in [6.07, 6.45) is 0.417. The highest BCUT2D eigenvalue weighted by Gasteiger charge is 2.03. The van der Waals surface area contributed by atoms with Crippen molar-refractivity contribution in [1.82, 2.24) is 0 Å². The fraction of sp³-hybridized carbons (Fsp3) is 0.235. The number of aryl methyl sites for hydroxylation is 1. The smallest absolute Gasteiger partial charge is 0.226 e. The van der Waals surface area contributed by atoms with Crippen molar-refractivity contribution in [2.24, 2.45) is 0 Å². The van der Waals surface area contributed by atoms with Crippen LogP contribution in [0.3, 0.4) is 0 Å². The summed E-state index contributed by atoms with van der Waals surface area (Å²) in [6, 6.07) is 15.3. The maximum Gasteiger partial charge on any atom is 0.226 e. The van der Waals surface area contributed by atoms with Gasteiger partial charge in [0.05, 0.1) is 7.11 Å². The first-order valence-corrected chi connectivity index (χ1v) is 6.92. The zero-order valence-electron chi connectivity index (χ0n) is 12.3. The summed E-state index contributed by atoms with van der Waals surface area (Å²) in [5.74, 6) is 0.760. The molecular formula is C17H20N2O2. The lowest BCUT2D eigenvalue weighted by molar-refractivity contribution is -0.115. The third kappa shape index (κ3) is 4.53. The number of anilines is 2. The van der Waals surface area contributed by atoms with Crippen LogP contribution in [0.1, 0.15) is 12.0 Å². The third-order valence-electron chi connectivity index (χ3n) is 3.19. The zero-order valence-corrected chi connectivity index (χ0v) is 12.3. The lowest BCUT2D eigenvalue weighted by Gasteiger charge is -2.10. The van der Waals surface area contributed by atoms with Gasteiger partial charge in [0.15, 0.2) is 0 Å². The highest BCUT2D eigenvalue weighted by molar-refractivity contribution is 5.91. The monoisotopic (exact) mass is 284 g/mol. The lowest BCUT2D eigenvalue weighted by atomic mass is 10.2. The summed E-state index contributed by atoms with van der Waals surface area (Å²) >= 11 is 0. The van der Waals surface area contributed by atoms with E-state index in [9.17, 15) is 4.79 Å². The molecule has 0 radical (unpaired) electrons. The highest BCUT2D eigenvalue weighted by atomic mass is 16.5. The van der Waals surface area contributed by atoms with Gasteiger partial charge in [-0.3, -0.25) is 4.79 Å². The third-order valence-corrected chi connectivity index (χ3v) is 3.19. The molecule has 0 saturated heterocycles. The molecule has 0 aliphatic rings. The number of benzene rings is 2. The second kappa shape index (κ2) is 7.33. The molecule has 2 aromatic rings. The first-order chi connectivity index (χ1) is 10.2. The maximum atomic E-state index is 11.9. The summed E-state index contributed by atoms with van der Waals surface area (Å²) < 4.78 is 5.08. The number of ether oxygens (including phenoxy) is 1. The van der Waals surface area contributed by atoms with Crippen molar-refractivity contribution in [1.29, 1.82) is 0 Å². The van der Waals surface area contributed by atoms with E-state index in [1.165, 1.54) is 5.56 Å². The Kier molecular flexibility index (Phi) is 5.21. The molecule has 0 heterocycles. The normalized spacial score (nSPS) is 10.0. The second-order valence-electron chi connectivity index (χ2n) is 4.77. The topological polar surface area (TPSA) is 50.4 Å². The fourth-order valence-corrected chi connectivity index (χ4v) is 1.98. The van der Waals surface area contributed by atoms with E-state index < -0.39 is 0 Å². The number of hydrogen-bond acceptors (Lipinski definition) is 3. The Morgan fingerprint density at radius 2 is 1.81 bits per heavy atom. The molecule has 0 aliphatic carbocycles. The number of carbonyl (C=O) groups excluding carboxylic acids is 1. The molecule has 2 aromatic carbocycles. The SMILES string of the molecule is COc1ccc(NC(=O)CCNc2ccccc2C)cc1. The number of carbonyl (C=O) groups is 1. The van der Waals surface area contributed by atoms with E-state index in [2.05, 4.69) is 10.6 Å². The van der Waals surface area contributed by atoms with Crippen LogP contribution in [0.5, 0.6) is 5.75 Å². The average molecular weight is 284 g/mol. The molecule has 0 aliphatic heterocycles. The quantitative estimate of drug-likeness (QED) is 0.854. The van der Waals surface area contributed by atoms with Crippen LogP contribution in [-0.4, -0.2) is 19.6 Å². The molecule has 0 spiro atoms. The fourth-order valence-electron chi connectivity index (χ4n) is 1.98. The molecule has 1 amide bonds. The molecule has 0 aromatic heterocycles. The van der Waals surface area contributed by atoms with Crippen LogP contribution < -0.4 is 15.4 Å². The van der Waals surface area contributed by atoms with Gasteiger partial charge in [-0.05, 0) is 42.8 Å². The molecule has 0 bridgehead atoms. The minimum atomic E-state index is -0.0127. The van der Waals surface area contributed by atoms with Crippen molar-refractivity contribution in [3.63, 3.8) is 0 Å². The van der Waals surface area contributed by atoms with Crippen LogP contribution in [0.4, 0.5) is 11.4 Å². The average Bonchev–Trinajstić information content (AvgIpc) is 2.50. The summed E-state index contributed by atoms with van der Waals surface area (Å²) in [4.78, 5) is 11.9. The molecule has 0 fully saturated rings. The van der Waals surface area contributed by atoms with E-state index in [1.54, 1.807) is 7.11 Å². The molecule has 110 valence electrons. The van der Waals surface area contributed by atoms with Crippen LogP contribution in [0, 0.1) is 6.92 Å². The van der Waals surface area contributed by atoms with Gasteiger partial charge in [0, 0.05) is 24.3 Å². The van der Waals surface area contributed by atoms with Crippen LogP contribution in [-0.2, 0) is 4.79 Å². The number of methoxy groups -OCH3 is 1. The Hall–Kier alpha value is -2.49. The summed E-state index contributed by atoms with van der Waals surface area (Å²) in [6.45, 7) is 2.65. The highest BCUT2D eigenvalue weighted by Crippen LogP contribution is 2.15. The predicted molar refractivity (Wildman–Crippen MR) is 85.9 cm³/mol. The molecule has 4 nitrogen and oxygen atoms in total. The second-order valence-corrected chi connectivity index (χ2v) is 4.77. The Balaban J connectivity index is 1.78. The van der Waals surface area contributed by atoms with Gasteiger partial charge in [0.1, 0.15) is 5.75 Å². The van der Waals surface area contributed by atoms with Crippen molar-refractivity contribution < 1.29 is 9.53 Å². The first-order valence-electron chi connectivity index (χ1n) is 6.92. The van der Waals surface area contributed by atoms with Crippen molar-refractivity contribution in [2.75, 3.05) is 24.3 Å². The largest absolute Gasteiger partial charge is 0.497 e. The van der Waals surface area contributed by atoms with Crippen molar-refractivity contribution in [3.8, 4) is 5.75 Å². The van der Waals surface area contributed by atoms with Crippen LogP contribution in [0.25, 0.3) is 0 Å². The molecular weight excluding hydrogens is 264 g/mol. The van der Waals surface area contributed by atoms with Gasteiger partial charge >= 0.3 is 0 Å². The van der Waals surface area contributed by atoms with E-state index in [0.717, 1.165) is 17.1 Å². The standard InChI is InChI=1S/C17H20N2O2/c1-13-5-3-4-6-16(13)18-12-11-17(20)19-14-7-9-15(21-2)10-8-14/h3-10,18H,11-12H2,1-2H3,(H,19,20). The van der Waals surface area contributed by atoms with Gasteiger partial charge in [-0.1, -0.05) is 18.2 Å². The number of para-hydroxylation sites is 1. The lowest BCUT2D eigenvalue weighted by Crippen LogP contribution is -2.16. The zero-order chi connectivity index (χ0) is 15.1. The van der Waals surface area contributed by atoms with Crippen molar-refractivity contribution in [2.45, 2.75) is 13.3 Å². The van der Waals surface area contributed by atoms with E-state index in [1.807, 2.05) is 55.5 Å². The van der Waals surface area contributed by atoms with E-state index in [4.69, 9.17) is 4.74 Å². The van der Waals surface area contributed by atoms with Crippen molar-refractivity contribution >= 4 is 17.3 Å². The van der Waals surface area contributed by atoms with E-state index in [-0.39, 0.29) is 5.91 Å². The Labute approximate surface area is 125 Å².